The van der Waals surface area contributed by atoms with Crippen LogP contribution in [0.15, 0.2) is 47.8 Å². The molecule has 0 fully saturated rings. The van der Waals surface area contributed by atoms with Gasteiger partial charge in [0, 0.05) is 13.1 Å². The Balaban J connectivity index is 1.68. The molecule has 0 saturated carbocycles. The van der Waals surface area contributed by atoms with Crippen molar-refractivity contribution in [3.05, 3.63) is 73.6 Å². The number of rotatable bonds is 9. The molecule has 4 N–H and O–H groups in total. The third-order valence-electron chi connectivity index (χ3n) is 4.65. The first-order valence-corrected chi connectivity index (χ1v) is 11.8. The lowest BCUT2D eigenvalue weighted by Crippen LogP contribution is -2.48. The van der Waals surface area contributed by atoms with Gasteiger partial charge in [-0.3, -0.25) is 14.4 Å². The van der Waals surface area contributed by atoms with E-state index in [1.165, 1.54) is 29.5 Å². The quantitative estimate of drug-likeness (QED) is 0.319. The van der Waals surface area contributed by atoms with Gasteiger partial charge in [-0.05, 0) is 35.2 Å². The van der Waals surface area contributed by atoms with Gasteiger partial charge in [0.2, 0.25) is 0 Å². The fraction of sp³-hybridized carbons (Fsp3) is 0.174. The SMILES string of the molecule is COC(=O)C(CNC(=O)c1cccs1)NC(=O)c1sc(C(=O)NCc2cccc(O)c2)cc1C#N. The Hall–Kier alpha value is -4.21. The topological polar surface area (TPSA) is 158 Å². The molecule has 2 aromatic heterocycles. The summed E-state index contributed by atoms with van der Waals surface area (Å²) in [5.41, 5.74) is 0.625. The van der Waals surface area contributed by atoms with Crippen LogP contribution in [0.25, 0.3) is 0 Å². The number of aromatic hydroxyl groups is 1. The second-order valence-electron chi connectivity index (χ2n) is 7.05. The molecular formula is C23H20N4O6S2. The van der Waals surface area contributed by atoms with E-state index in [4.69, 9.17) is 4.74 Å². The average Bonchev–Trinajstić information content (AvgIpc) is 3.55. The molecule has 0 bridgehead atoms. The number of phenolic OH excluding ortho intramolecular Hbond substituents is 1. The summed E-state index contributed by atoms with van der Waals surface area (Å²) in [5, 5.41) is 28.4. The Kier molecular flexibility index (Phi) is 8.55. The van der Waals surface area contributed by atoms with Crippen molar-refractivity contribution in [1.82, 2.24) is 16.0 Å². The van der Waals surface area contributed by atoms with Crippen molar-refractivity contribution >= 4 is 46.4 Å². The summed E-state index contributed by atoms with van der Waals surface area (Å²) in [4.78, 5) is 50.2. The minimum absolute atomic E-state index is 0.0405. The lowest BCUT2D eigenvalue weighted by atomic mass is 10.2. The molecule has 3 rings (SSSR count). The van der Waals surface area contributed by atoms with Crippen molar-refractivity contribution in [2.45, 2.75) is 12.6 Å². The third kappa shape index (κ3) is 6.66. The van der Waals surface area contributed by atoms with Crippen LogP contribution in [0.1, 0.15) is 40.1 Å². The maximum Gasteiger partial charge on any atom is 0.330 e. The number of thiophene rings is 2. The molecule has 3 aromatic rings. The van der Waals surface area contributed by atoms with Gasteiger partial charge >= 0.3 is 5.97 Å². The average molecular weight is 513 g/mol. The van der Waals surface area contributed by atoms with Crippen LogP contribution in [0.3, 0.4) is 0 Å². The number of phenols is 1. The Bertz CT molecular complexity index is 1280. The molecule has 1 atom stereocenters. The predicted octanol–water partition coefficient (Wildman–Crippen LogP) is 2.02. The van der Waals surface area contributed by atoms with E-state index in [0.29, 0.717) is 10.4 Å². The van der Waals surface area contributed by atoms with Gasteiger partial charge < -0.3 is 25.8 Å². The van der Waals surface area contributed by atoms with E-state index in [9.17, 15) is 29.5 Å². The fourth-order valence-electron chi connectivity index (χ4n) is 2.94. The zero-order valence-electron chi connectivity index (χ0n) is 18.4. The van der Waals surface area contributed by atoms with E-state index in [-0.39, 0.29) is 34.2 Å². The molecule has 35 heavy (non-hydrogen) atoms. The highest BCUT2D eigenvalue weighted by Gasteiger charge is 2.26. The number of benzene rings is 1. The zero-order valence-corrected chi connectivity index (χ0v) is 20.0. The van der Waals surface area contributed by atoms with Crippen LogP contribution in [-0.2, 0) is 16.1 Å². The number of esters is 1. The molecule has 2 heterocycles. The standard InChI is InChI=1S/C23H20N4O6S2/c1-33-23(32)16(12-26-20(29)17-6-3-7-34-17)27-22(31)19-14(10-24)9-18(35-19)21(30)25-11-13-4-2-5-15(28)8-13/h2-9,16,28H,11-12H2,1H3,(H,25,30)(H,26,29)(H,27,31). The van der Waals surface area contributed by atoms with Crippen molar-refractivity contribution in [3.63, 3.8) is 0 Å². The van der Waals surface area contributed by atoms with Crippen LogP contribution < -0.4 is 16.0 Å². The van der Waals surface area contributed by atoms with Crippen LogP contribution in [0.4, 0.5) is 0 Å². The van der Waals surface area contributed by atoms with Crippen molar-refractivity contribution in [2.24, 2.45) is 0 Å². The van der Waals surface area contributed by atoms with Gasteiger partial charge in [-0.1, -0.05) is 18.2 Å². The van der Waals surface area contributed by atoms with Crippen LogP contribution in [0, 0.1) is 11.3 Å². The number of carbonyl (C=O) groups is 4. The molecule has 180 valence electrons. The third-order valence-corrected chi connectivity index (χ3v) is 6.65. The summed E-state index contributed by atoms with van der Waals surface area (Å²) in [5.74, 6) is -2.42. The number of carbonyl (C=O) groups excluding carboxylic acids is 4. The van der Waals surface area contributed by atoms with Crippen molar-refractivity contribution in [2.75, 3.05) is 13.7 Å². The predicted molar refractivity (Wildman–Crippen MR) is 128 cm³/mol. The highest BCUT2D eigenvalue weighted by molar-refractivity contribution is 7.16. The number of nitrogens with one attached hydrogen (secondary N) is 3. The molecule has 0 aliphatic rings. The lowest BCUT2D eigenvalue weighted by molar-refractivity contribution is -0.142. The lowest BCUT2D eigenvalue weighted by Gasteiger charge is -2.16. The summed E-state index contributed by atoms with van der Waals surface area (Å²) in [6.07, 6.45) is 0. The smallest absolute Gasteiger partial charge is 0.330 e. The van der Waals surface area contributed by atoms with Gasteiger partial charge in [0.25, 0.3) is 17.7 Å². The second kappa shape index (κ2) is 11.8. The first kappa shape index (κ1) is 25.4. The summed E-state index contributed by atoms with van der Waals surface area (Å²) in [6.45, 7) is -0.109. The Morgan fingerprint density at radius 1 is 1.06 bits per heavy atom. The Morgan fingerprint density at radius 2 is 1.83 bits per heavy atom. The molecule has 1 unspecified atom stereocenters. The Morgan fingerprint density at radius 3 is 2.49 bits per heavy atom. The molecule has 0 saturated heterocycles. The van der Waals surface area contributed by atoms with Crippen LogP contribution in [0.5, 0.6) is 5.75 Å². The van der Waals surface area contributed by atoms with Crippen molar-refractivity contribution in [1.29, 1.82) is 5.26 Å². The van der Waals surface area contributed by atoms with Gasteiger partial charge in [-0.15, -0.1) is 22.7 Å². The molecule has 0 spiro atoms. The van der Waals surface area contributed by atoms with Gasteiger partial charge in [0.15, 0.2) is 0 Å². The molecule has 12 heteroatoms. The molecule has 3 amide bonds. The maximum atomic E-state index is 12.9. The monoisotopic (exact) mass is 512 g/mol. The first-order chi connectivity index (χ1) is 16.8. The Labute approximate surface area is 208 Å². The van der Waals surface area contributed by atoms with E-state index in [1.807, 2.05) is 6.07 Å². The molecular weight excluding hydrogens is 492 g/mol. The van der Waals surface area contributed by atoms with Crippen molar-refractivity contribution < 1.29 is 29.0 Å². The normalized spacial score (nSPS) is 11.1. The van der Waals surface area contributed by atoms with Gasteiger partial charge in [-0.25, -0.2) is 4.79 Å². The number of hydrogen-bond donors (Lipinski definition) is 4. The minimum Gasteiger partial charge on any atom is -0.508 e. The van der Waals surface area contributed by atoms with E-state index < -0.39 is 29.7 Å². The van der Waals surface area contributed by atoms with E-state index in [0.717, 1.165) is 18.4 Å². The maximum absolute atomic E-state index is 12.9. The molecule has 1 aromatic carbocycles. The number of amides is 3. The number of methoxy groups -OCH3 is 1. The minimum atomic E-state index is -1.21. The second-order valence-corrected chi connectivity index (χ2v) is 9.05. The highest BCUT2D eigenvalue weighted by atomic mass is 32.1. The highest BCUT2D eigenvalue weighted by Crippen LogP contribution is 2.22. The summed E-state index contributed by atoms with van der Waals surface area (Å²) in [6, 6.07) is 11.6. The number of nitriles is 1. The zero-order chi connectivity index (χ0) is 25.4. The van der Waals surface area contributed by atoms with Gasteiger partial charge in [0.1, 0.15) is 22.7 Å². The number of nitrogens with zero attached hydrogens (tertiary/aromatic N) is 1. The number of hydrogen-bond acceptors (Lipinski definition) is 9. The molecule has 0 aliphatic carbocycles. The van der Waals surface area contributed by atoms with E-state index in [1.54, 1.807) is 29.6 Å². The van der Waals surface area contributed by atoms with E-state index in [2.05, 4.69) is 16.0 Å². The summed E-state index contributed by atoms with van der Waals surface area (Å²) < 4.78 is 4.71. The van der Waals surface area contributed by atoms with Gasteiger partial charge in [0.05, 0.1) is 22.4 Å². The summed E-state index contributed by atoms with van der Waals surface area (Å²) >= 11 is 2.01. The van der Waals surface area contributed by atoms with Crippen molar-refractivity contribution in [3.8, 4) is 11.8 Å². The summed E-state index contributed by atoms with van der Waals surface area (Å²) in [7, 11) is 1.14. The van der Waals surface area contributed by atoms with Crippen LogP contribution in [-0.4, -0.2) is 48.5 Å². The fourth-order valence-corrected chi connectivity index (χ4v) is 4.51. The number of ether oxygens (including phenoxy) is 1. The van der Waals surface area contributed by atoms with Crippen LogP contribution in [0.2, 0.25) is 0 Å². The molecule has 0 aliphatic heterocycles. The first-order valence-electron chi connectivity index (χ1n) is 10.1. The molecule has 0 radical (unpaired) electrons. The molecule has 10 nitrogen and oxygen atoms in total. The largest absolute Gasteiger partial charge is 0.508 e. The van der Waals surface area contributed by atoms with Gasteiger partial charge in [-0.2, -0.15) is 5.26 Å². The van der Waals surface area contributed by atoms with E-state index >= 15 is 0 Å². The van der Waals surface area contributed by atoms with Crippen LogP contribution >= 0.6 is 22.7 Å².